The standard InChI is InChI=1S/C33H34F8N8O/c1-47-45-31(44-46-47)48(16-19-9-23(32(36,37)38)14-24(10-19)33(39,40)41)17-22-12-21-13-25(34)26(35)15-27(21)43-30(22)49-8-2-3-28(49)20-6-4-18(5-7-20)11-29(42)50/h9-10,12-15,18,20,28H,2-8,11,16-17H2,1H3,(H2,42,50)/t18?,20?,28-/m1/s1. The lowest BCUT2D eigenvalue weighted by Gasteiger charge is -2.38. The number of alkyl halides is 6. The van der Waals surface area contributed by atoms with Crippen LogP contribution in [0.25, 0.3) is 10.9 Å². The number of hydrogen-bond donors (Lipinski definition) is 1. The number of tetrazole rings is 1. The second kappa shape index (κ2) is 13.6. The van der Waals surface area contributed by atoms with E-state index in [1.807, 2.05) is 0 Å². The summed E-state index contributed by atoms with van der Waals surface area (Å²) in [6.07, 6.45) is -4.82. The molecule has 50 heavy (non-hydrogen) atoms. The van der Waals surface area contributed by atoms with Crippen LogP contribution in [0.2, 0.25) is 0 Å². The van der Waals surface area contributed by atoms with E-state index in [0.29, 0.717) is 36.5 Å². The highest BCUT2D eigenvalue weighted by Gasteiger charge is 2.38. The molecule has 2 aromatic heterocycles. The van der Waals surface area contributed by atoms with E-state index < -0.39 is 41.7 Å². The lowest BCUT2D eigenvalue weighted by atomic mass is 9.76. The van der Waals surface area contributed by atoms with Gasteiger partial charge in [-0.3, -0.25) is 4.79 Å². The molecule has 1 atom stereocenters. The second-order valence-corrected chi connectivity index (χ2v) is 13.1. The van der Waals surface area contributed by atoms with Crippen molar-refractivity contribution < 1.29 is 39.9 Å². The Labute approximate surface area is 281 Å². The van der Waals surface area contributed by atoms with E-state index in [0.717, 1.165) is 55.5 Å². The summed E-state index contributed by atoms with van der Waals surface area (Å²) in [5.41, 5.74) is 2.80. The molecule has 2 N–H and O–H groups in total. The van der Waals surface area contributed by atoms with Crippen LogP contribution in [0.3, 0.4) is 0 Å². The molecule has 4 aromatic rings. The number of primary amides is 1. The minimum Gasteiger partial charge on any atom is -0.370 e. The molecule has 0 bridgehead atoms. The van der Waals surface area contributed by atoms with Crippen LogP contribution < -0.4 is 15.5 Å². The van der Waals surface area contributed by atoms with Gasteiger partial charge in [-0.1, -0.05) is 5.10 Å². The number of pyridine rings is 1. The molecule has 6 rings (SSSR count). The Balaban J connectivity index is 1.40. The number of rotatable bonds is 9. The van der Waals surface area contributed by atoms with Gasteiger partial charge in [0.15, 0.2) is 11.6 Å². The first kappa shape index (κ1) is 35.3. The molecule has 1 saturated heterocycles. The van der Waals surface area contributed by atoms with Crippen LogP contribution in [0, 0.1) is 23.5 Å². The third-order valence-corrected chi connectivity index (χ3v) is 9.57. The van der Waals surface area contributed by atoms with Gasteiger partial charge in [0.1, 0.15) is 5.82 Å². The van der Waals surface area contributed by atoms with Crippen LogP contribution in [0.15, 0.2) is 36.4 Å². The Kier molecular flexibility index (Phi) is 9.61. The highest BCUT2D eigenvalue weighted by atomic mass is 19.4. The SMILES string of the molecule is Cn1nnc(N(Cc2cc(C(F)(F)F)cc(C(F)(F)F)c2)Cc2cc3cc(F)c(F)cc3nc2N2CCC[C@@H]2C2CCC(CC(N)=O)CC2)n1. The molecule has 268 valence electrons. The number of amides is 1. The van der Waals surface area contributed by atoms with Crippen molar-refractivity contribution in [3.05, 3.63) is 70.3 Å². The van der Waals surface area contributed by atoms with Crippen LogP contribution in [0.4, 0.5) is 46.9 Å². The number of carbonyl (C=O) groups excluding carboxylic acids is 1. The average molecular weight is 711 g/mol. The van der Waals surface area contributed by atoms with Gasteiger partial charge in [0.05, 0.1) is 23.7 Å². The Morgan fingerprint density at radius 1 is 0.900 bits per heavy atom. The molecule has 9 nitrogen and oxygen atoms in total. The van der Waals surface area contributed by atoms with Gasteiger partial charge in [-0.2, -0.15) is 31.1 Å². The van der Waals surface area contributed by atoms with Crippen LogP contribution in [-0.4, -0.2) is 43.7 Å². The molecule has 2 aromatic carbocycles. The largest absolute Gasteiger partial charge is 0.416 e. The summed E-state index contributed by atoms with van der Waals surface area (Å²) in [5.74, 6) is -1.76. The molecule has 0 unspecified atom stereocenters. The molecule has 2 fully saturated rings. The lowest BCUT2D eigenvalue weighted by Crippen LogP contribution is -2.39. The van der Waals surface area contributed by atoms with Crippen molar-refractivity contribution in [1.29, 1.82) is 0 Å². The number of benzene rings is 2. The van der Waals surface area contributed by atoms with Crippen LogP contribution in [0.1, 0.15) is 67.2 Å². The lowest BCUT2D eigenvalue weighted by molar-refractivity contribution is -0.143. The van der Waals surface area contributed by atoms with Crippen molar-refractivity contribution >= 4 is 28.6 Å². The average Bonchev–Trinajstić information content (AvgIpc) is 3.70. The fourth-order valence-electron chi connectivity index (χ4n) is 7.31. The van der Waals surface area contributed by atoms with Gasteiger partial charge >= 0.3 is 12.4 Å². The monoisotopic (exact) mass is 710 g/mol. The molecule has 1 amide bonds. The van der Waals surface area contributed by atoms with E-state index in [4.69, 9.17) is 10.7 Å². The van der Waals surface area contributed by atoms with Gasteiger partial charge in [-0.25, -0.2) is 13.8 Å². The van der Waals surface area contributed by atoms with Crippen molar-refractivity contribution in [2.75, 3.05) is 16.3 Å². The van der Waals surface area contributed by atoms with Gasteiger partial charge in [-0.05, 0) is 91.5 Å². The number of nitrogens with zero attached hydrogens (tertiary/aromatic N) is 7. The Hall–Kier alpha value is -4.57. The van der Waals surface area contributed by atoms with Crippen LogP contribution in [-0.2, 0) is 37.3 Å². The highest BCUT2D eigenvalue weighted by Crippen LogP contribution is 2.41. The van der Waals surface area contributed by atoms with Crippen molar-refractivity contribution in [1.82, 2.24) is 25.2 Å². The Morgan fingerprint density at radius 2 is 1.56 bits per heavy atom. The molecular weight excluding hydrogens is 676 g/mol. The third kappa shape index (κ3) is 7.75. The summed E-state index contributed by atoms with van der Waals surface area (Å²) in [7, 11) is 1.45. The maximum absolute atomic E-state index is 14.4. The molecule has 17 heteroatoms. The number of carbonyl (C=O) groups is 1. The Morgan fingerprint density at radius 3 is 2.16 bits per heavy atom. The summed E-state index contributed by atoms with van der Waals surface area (Å²) >= 11 is 0. The van der Waals surface area contributed by atoms with Crippen LogP contribution in [0.5, 0.6) is 0 Å². The van der Waals surface area contributed by atoms with E-state index in [1.165, 1.54) is 11.9 Å². The zero-order chi connectivity index (χ0) is 36.0. The number of nitrogens with two attached hydrogens (primary N) is 1. The summed E-state index contributed by atoms with van der Waals surface area (Å²) in [6.45, 7) is -0.0799. The fraction of sp³-hybridized carbons (Fsp3) is 0.485. The van der Waals surface area contributed by atoms with Crippen molar-refractivity contribution in [3.63, 3.8) is 0 Å². The van der Waals surface area contributed by atoms with Crippen LogP contribution >= 0.6 is 0 Å². The molecule has 1 saturated carbocycles. The minimum absolute atomic E-state index is 0.0134. The number of fused-ring (bicyclic) bond motifs is 1. The molecular formula is C33H34F8N8O. The molecule has 1 aliphatic carbocycles. The molecule has 0 spiro atoms. The van der Waals surface area contributed by atoms with E-state index in [1.54, 1.807) is 6.07 Å². The van der Waals surface area contributed by atoms with Crippen molar-refractivity contribution in [3.8, 4) is 0 Å². The number of aromatic nitrogens is 5. The van der Waals surface area contributed by atoms with Crippen molar-refractivity contribution in [2.24, 2.45) is 24.6 Å². The normalized spacial score (nSPS) is 20.1. The fourth-order valence-corrected chi connectivity index (χ4v) is 7.31. The first-order valence-corrected chi connectivity index (χ1v) is 16.2. The van der Waals surface area contributed by atoms with Crippen molar-refractivity contribution in [2.45, 2.75) is 76.4 Å². The zero-order valence-corrected chi connectivity index (χ0v) is 26.9. The van der Waals surface area contributed by atoms with Gasteiger partial charge in [0.25, 0.3) is 5.95 Å². The molecule has 0 radical (unpaired) electrons. The van der Waals surface area contributed by atoms with Gasteiger partial charge in [-0.15, -0.1) is 5.10 Å². The van der Waals surface area contributed by atoms with E-state index in [2.05, 4.69) is 20.3 Å². The van der Waals surface area contributed by atoms with Gasteiger partial charge in [0, 0.05) is 49.1 Å². The third-order valence-electron chi connectivity index (χ3n) is 9.57. The molecule has 3 heterocycles. The zero-order valence-electron chi connectivity index (χ0n) is 26.9. The number of hydrogen-bond acceptors (Lipinski definition) is 7. The van der Waals surface area contributed by atoms with E-state index in [-0.39, 0.29) is 58.8 Å². The molecule has 1 aliphatic heterocycles. The summed E-state index contributed by atoms with van der Waals surface area (Å²) in [4.78, 5) is 20.8. The molecule has 2 aliphatic rings. The smallest absolute Gasteiger partial charge is 0.370 e. The maximum atomic E-state index is 14.4. The second-order valence-electron chi connectivity index (χ2n) is 13.1. The topological polar surface area (TPSA) is 106 Å². The quantitative estimate of drug-likeness (QED) is 0.188. The predicted molar refractivity (Wildman–Crippen MR) is 166 cm³/mol. The first-order chi connectivity index (χ1) is 23.5. The summed E-state index contributed by atoms with van der Waals surface area (Å²) in [5, 5.41) is 12.2. The van der Waals surface area contributed by atoms with Gasteiger partial charge in [0.2, 0.25) is 5.91 Å². The predicted octanol–water partition coefficient (Wildman–Crippen LogP) is 6.93. The summed E-state index contributed by atoms with van der Waals surface area (Å²) < 4.78 is 111. The summed E-state index contributed by atoms with van der Waals surface area (Å²) in [6, 6.07) is 4.92. The number of anilines is 2. The minimum atomic E-state index is -5.05. The van der Waals surface area contributed by atoms with E-state index >= 15 is 0 Å². The number of halogens is 8. The highest BCUT2D eigenvalue weighted by molar-refractivity contribution is 5.82. The van der Waals surface area contributed by atoms with E-state index in [9.17, 15) is 39.9 Å². The van der Waals surface area contributed by atoms with Gasteiger partial charge < -0.3 is 15.5 Å². The Bertz CT molecular complexity index is 1840. The number of aryl methyl sites for hydroxylation is 1. The maximum Gasteiger partial charge on any atom is 0.416 e. The first-order valence-electron chi connectivity index (χ1n) is 16.2.